The van der Waals surface area contributed by atoms with Crippen molar-refractivity contribution in [3.63, 3.8) is 0 Å². The quantitative estimate of drug-likeness (QED) is 0.768. The average Bonchev–Trinajstić information content (AvgIpc) is 2.90. The lowest BCUT2D eigenvalue weighted by Crippen LogP contribution is -2.56. The first-order chi connectivity index (χ1) is 10.0. The highest BCUT2D eigenvalue weighted by atomic mass is 32.1. The van der Waals surface area contributed by atoms with Gasteiger partial charge in [-0.1, -0.05) is 25.6 Å². The van der Waals surface area contributed by atoms with Crippen LogP contribution in [0, 0.1) is 5.92 Å². The van der Waals surface area contributed by atoms with Crippen LogP contribution in [-0.2, 0) is 9.53 Å². The zero-order chi connectivity index (χ0) is 15.4. The van der Waals surface area contributed by atoms with Gasteiger partial charge in [-0.2, -0.15) is 0 Å². The summed E-state index contributed by atoms with van der Waals surface area (Å²) < 4.78 is 5.51. The van der Waals surface area contributed by atoms with Gasteiger partial charge in [0.15, 0.2) is 0 Å². The fourth-order valence-corrected chi connectivity index (χ4v) is 3.59. The first-order valence-electron chi connectivity index (χ1n) is 7.98. The number of carbonyl (C=O) groups excluding carboxylic acids is 1. The summed E-state index contributed by atoms with van der Waals surface area (Å²) in [5.41, 5.74) is 5.86. The van der Waals surface area contributed by atoms with E-state index in [0.717, 1.165) is 45.4 Å². The molecule has 5 nitrogen and oxygen atoms in total. The van der Waals surface area contributed by atoms with E-state index < -0.39 is 0 Å². The molecule has 0 aliphatic carbocycles. The Hall–Kier alpha value is -0.720. The minimum atomic E-state index is 0.0403. The molecule has 120 valence electrons. The normalized spacial score (nSPS) is 28.6. The largest absolute Gasteiger partial charge is 0.392 e. The van der Waals surface area contributed by atoms with Crippen LogP contribution >= 0.6 is 12.2 Å². The number of ether oxygens (including phenoxy) is 1. The highest BCUT2D eigenvalue weighted by molar-refractivity contribution is 7.80. The molecular formula is C15H27N3O2S. The standard InChI is InChI=1S/C15H27N3O2S/c1-3-4-13(14(16)21)17-6-8-18(9-7-17)15(19)12-5-10-20-11(12)2/h11-13H,3-10H2,1-2H3,(H2,16,21). The van der Waals surface area contributed by atoms with E-state index in [-0.39, 0.29) is 24.0 Å². The van der Waals surface area contributed by atoms with E-state index in [1.165, 1.54) is 0 Å². The Morgan fingerprint density at radius 1 is 1.38 bits per heavy atom. The van der Waals surface area contributed by atoms with Crippen LogP contribution in [0.2, 0.25) is 0 Å². The fraction of sp³-hybridized carbons (Fsp3) is 0.867. The molecule has 1 amide bonds. The molecule has 0 aromatic heterocycles. The maximum atomic E-state index is 12.5. The van der Waals surface area contributed by atoms with Crippen molar-refractivity contribution >= 4 is 23.1 Å². The first-order valence-corrected chi connectivity index (χ1v) is 8.39. The minimum Gasteiger partial charge on any atom is -0.392 e. The molecule has 3 unspecified atom stereocenters. The molecule has 0 aromatic rings. The van der Waals surface area contributed by atoms with Crippen molar-refractivity contribution in [1.29, 1.82) is 0 Å². The van der Waals surface area contributed by atoms with Gasteiger partial charge >= 0.3 is 0 Å². The van der Waals surface area contributed by atoms with Crippen molar-refractivity contribution in [3.05, 3.63) is 0 Å². The molecule has 21 heavy (non-hydrogen) atoms. The summed E-state index contributed by atoms with van der Waals surface area (Å²) in [6.07, 6.45) is 2.97. The SMILES string of the molecule is CCCC(C(N)=S)N1CCN(C(=O)C2CCOC2C)CC1. The molecule has 2 N–H and O–H groups in total. The van der Waals surface area contributed by atoms with Crippen molar-refractivity contribution in [2.24, 2.45) is 11.7 Å². The third-order valence-electron chi connectivity index (χ3n) is 4.65. The van der Waals surface area contributed by atoms with Crippen LogP contribution in [0.5, 0.6) is 0 Å². The molecule has 0 saturated carbocycles. The van der Waals surface area contributed by atoms with Crippen LogP contribution in [0.25, 0.3) is 0 Å². The molecule has 2 aliphatic rings. The number of nitrogens with zero attached hydrogens (tertiary/aromatic N) is 2. The second-order valence-corrected chi connectivity index (χ2v) is 6.51. The van der Waals surface area contributed by atoms with E-state index >= 15 is 0 Å². The molecular weight excluding hydrogens is 286 g/mol. The Balaban J connectivity index is 1.87. The molecule has 2 fully saturated rings. The van der Waals surface area contributed by atoms with Crippen LogP contribution in [0.1, 0.15) is 33.1 Å². The molecule has 0 radical (unpaired) electrons. The van der Waals surface area contributed by atoms with Crippen molar-refractivity contribution in [2.45, 2.75) is 45.3 Å². The summed E-state index contributed by atoms with van der Waals surface area (Å²) in [5, 5.41) is 0. The van der Waals surface area contributed by atoms with Crippen molar-refractivity contribution in [1.82, 2.24) is 9.80 Å². The van der Waals surface area contributed by atoms with Crippen molar-refractivity contribution in [2.75, 3.05) is 32.8 Å². The summed E-state index contributed by atoms with van der Waals surface area (Å²) in [5.74, 6) is 0.292. The summed E-state index contributed by atoms with van der Waals surface area (Å²) in [6, 6.07) is 0.177. The monoisotopic (exact) mass is 313 g/mol. The van der Waals surface area contributed by atoms with Gasteiger partial charge in [0.25, 0.3) is 0 Å². The third kappa shape index (κ3) is 3.93. The van der Waals surface area contributed by atoms with Gasteiger partial charge in [0.1, 0.15) is 0 Å². The van der Waals surface area contributed by atoms with E-state index in [0.29, 0.717) is 11.6 Å². The topological polar surface area (TPSA) is 58.8 Å². The van der Waals surface area contributed by atoms with E-state index in [4.69, 9.17) is 22.7 Å². The van der Waals surface area contributed by atoms with Crippen LogP contribution in [0.15, 0.2) is 0 Å². The summed E-state index contributed by atoms with van der Waals surface area (Å²) in [6.45, 7) is 8.10. The lowest BCUT2D eigenvalue weighted by atomic mass is 10.0. The summed E-state index contributed by atoms with van der Waals surface area (Å²) >= 11 is 5.19. The van der Waals surface area contributed by atoms with Gasteiger partial charge in [-0.15, -0.1) is 0 Å². The Morgan fingerprint density at radius 2 is 2.05 bits per heavy atom. The predicted molar refractivity (Wildman–Crippen MR) is 87.2 cm³/mol. The van der Waals surface area contributed by atoms with Gasteiger partial charge in [-0.25, -0.2) is 0 Å². The lowest BCUT2D eigenvalue weighted by Gasteiger charge is -2.39. The number of carbonyl (C=O) groups is 1. The minimum absolute atomic E-state index is 0.0403. The number of hydrogen-bond acceptors (Lipinski definition) is 4. The van der Waals surface area contributed by atoms with Crippen molar-refractivity contribution < 1.29 is 9.53 Å². The molecule has 2 rings (SSSR count). The Kier molecular flexibility index (Phi) is 5.96. The molecule has 0 aromatic carbocycles. The van der Waals surface area contributed by atoms with Crippen LogP contribution in [-0.4, -0.2) is 65.6 Å². The fourth-order valence-electron chi connectivity index (χ4n) is 3.32. The molecule has 3 atom stereocenters. The van der Waals surface area contributed by atoms with Gasteiger partial charge in [0.05, 0.1) is 23.1 Å². The number of nitrogens with two attached hydrogens (primary N) is 1. The molecule has 0 bridgehead atoms. The number of rotatable bonds is 5. The van der Waals surface area contributed by atoms with Crippen LogP contribution in [0.3, 0.4) is 0 Å². The Morgan fingerprint density at radius 3 is 2.52 bits per heavy atom. The summed E-state index contributed by atoms with van der Waals surface area (Å²) in [7, 11) is 0. The first kappa shape index (κ1) is 16.6. The zero-order valence-electron chi connectivity index (χ0n) is 13.1. The molecule has 0 spiro atoms. The van der Waals surface area contributed by atoms with Gasteiger partial charge in [0.2, 0.25) is 5.91 Å². The molecule has 6 heteroatoms. The highest BCUT2D eigenvalue weighted by Gasteiger charge is 2.35. The molecule has 2 heterocycles. The Labute approximate surface area is 132 Å². The number of hydrogen-bond donors (Lipinski definition) is 1. The predicted octanol–water partition coefficient (Wildman–Crippen LogP) is 1.01. The van der Waals surface area contributed by atoms with Crippen LogP contribution in [0.4, 0.5) is 0 Å². The number of thiocarbonyl (C=S) groups is 1. The van der Waals surface area contributed by atoms with E-state index in [2.05, 4.69) is 11.8 Å². The number of piperazine rings is 1. The third-order valence-corrected chi connectivity index (χ3v) is 4.92. The molecule has 2 aliphatic heterocycles. The number of amides is 1. The van der Waals surface area contributed by atoms with Gasteiger partial charge in [0, 0.05) is 32.8 Å². The average molecular weight is 313 g/mol. The van der Waals surface area contributed by atoms with E-state index in [1.54, 1.807) is 0 Å². The van der Waals surface area contributed by atoms with Gasteiger partial charge < -0.3 is 15.4 Å². The smallest absolute Gasteiger partial charge is 0.228 e. The Bertz CT molecular complexity index is 383. The van der Waals surface area contributed by atoms with Gasteiger partial charge in [-0.3, -0.25) is 9.69 Å². The second kappa shape index (κ2) is 7.51. The van der Waals surface area contributed by atoms with E-state index in [1.807, 2.05) is 11.8 Å². The van der Waals surface area contributed by atoms with E-state index in [9.17, 15) is 4.79 Å². The van der Waals surface area contributed by atoms with Crippen molar-refractivity contribution in [3.8, 4) is 0 Å². The lowest BCUT2D eigenvalue weighted by molar-refractivity contribution is -0.138. The maximum absolute atomic E-state index is 12.5. The van der Waals surface area contributed by atoms with Crippen LogP contribution < -0.4 is 5.73 Å². The second-order valence-electron chi connectivity index (χ2n) is 6.04. The van der Waals surface area contributed by atoms with Gasteiger partial charge in [-0.05, 0) is 19.8 Å². The highest BCUT2D eigenvalue weighted by Crippen LogP contribution is 2.23. The molecule has 2 saturated heterocycles. The summed E-state index contributed by atoms with van der Waals surface area (Å²) in [4.78, 5) is 17.4. The maximum Gasteiger partial charge on any atom is 0.228 e. The zero-order valence-corrected chi connectivity index (χ0v) is 13.9.